The maximum atomic E-state index is 12.8. The molecule has 2 rings (SSSR count). The Kier molecular flexibility index (Phi) is 4.18. The van der Waals surface area contributed by atoms with E-state index >= 15 is 0 Å². The molecule has 0 amide bonds. The third-order valence-corrected chi connectivity index (χ3v) is 3.83. The number of anilines is 1. The number of carboxylic acids is 1. The average molecular weight is 310 g/mol. The van der Waals surface area contributed by atoms with Crippen LogP contribution in [0.2, 0.25) is 0 Å². The van der Waals surface area contributed by atoms with Crippen molar-refractivity contribution >= 4 is 21.7 Å². The fraction of sp³-hybridized carbons (Fsp3) is 0.0769. The Bertz CT molecular complexity index is 760. The van der Waals surface area contributed by atoms with Crippen molar-refractivity contribution in [2.24, 2.45) is 0 Å². The average Bonchev–Trinajstić information content (AvgIpc) is 2.41. The van der Waals surface area contributed by atoms with Crippen molar-refractivity contribution < 1.29 is 22.7 Å². The van der Waals surface area contributed by atoms with Gasteiger partial charge in [-0.15, -0.1) is 0 Å². The van der Waals surface area contributed by atoms with E-state index in [1.54, 1.807) is 0 Å². The van der Waals surface area contributed by atoms with Crippen LogP contribution < -0.4 is 4.72 Å². The van der Waals surface area contributed by atoms with E-state index in [4.69, 9.17) is 5.11 Å². The predicted octanol–water partition coefficient (Wildman–Crippen LogP) is 1.86. The van der Waals surface area contributed by atoms with Crippen LogP contribution in [0.4, 0.5) is 10.1 Å². The van der Waals surface area contributed by atoms with Crippen molar-refractivity contribution in [3.8, 4) is 0 Å². The first-order valence-corrected chi connectivity index (χ1v) is 7.45. The van der Waals surface area contributed by atoms with E-state index in [0.717, 1.165) is 18.3 Å². The normalized spacial score (nSPS) is 11.1. The van der Waals surface area contributed by atoms with Crippen LogP contribution in [0.1, 0.15) is 15.9 Å². The van der Waals surface area contributed by atoms with Gasteiger partial charge < -0.3 is 5.11 Å². The first kappa shape index (κ1) is 14.9. The molecule has 21 heavy (non-hydrogen) atoms. The Morgan fingerprint density at radius 1 is 1.24 bits per heavy atom. The summed E-state index contributed by atoms with van der Waals surface area (Å²) in [7, 11) is -3.83. The minimum atomic E-state index is -3.83. The van der Waals surface area contributed by atoms with Gasteiger partial charge in [-0.3, -0.25) is 9.71 Å². The number of benzene rings is 1. The maximum Gasteiger partial charge on any atom is 0.337 e. The van der Waals surface area contributed by atoms with Gasteiger partial charge in [0.05, 0.1) is 23.2 Å². The Hall–Kier alpha value is -2.48. The molecule has 0 aliphatic carbocycles. The van der Waals surface area contributed by atoms with Crippen LogP contribution in [-0.2, 0) is 15.8 Å². The van der Waals surface area contributed by atoms with Crippen LogP contribution in [0.3, 0.4) is 0 Å². The van der Waals surface area contributed by atoms with Crippen LogP contribution in [-0.4, -0.2) is 24.5 Å². The molecule has 0 radical (unpaired) electrons. The lowest BCUT2D eigenvalue weighted by Gasteiger charge is -2.10. The molecule has 2 aromatic rings. The second-order valence-corrected chi connectivity index (χ2v) is 5.94. The SMILES string of the molecule is O=C(O)c1ccncc1NS(=O)(=O)Cc1ccc(F)cc1. The standard InChI is InChI=1S/C13H11FN2O4S/c14-10-3-1-9(2-4-10)8-21(19,20)16-12-7-15-6-5-11(12)13(17)18/h1-7,16H,8H2,(H,17,18). The van der Waals surface area contributed by atoms with Gasteiger partial charge in [-0.2, -0.15) is 0 Å². The molecule has 0 unspecified atom stereocenters. The highest BCUT2D eigenvalue weighted by atomic mass is 32.2. The number of aromatic carboxylic acids is 1. The maximum absolute atomic E-state index is 12.8. The summed E-state index contributed by atoms with van der Waals surface area (Å²) in [5.74, 6) is -2.14. The number of rotatable bonds is 5. The molecule has 1 aromatic heterocycles. The summed E-state index contributed by atoms with van der Waals surface area (Å²) in [5.41, 5.74) is 0.0597. The molecule has 110 valence electrons. The molecule has 1 heterocycles. The van der Waals surface area contributed by atoms with Gasteiger partial charge in [0.25, 0.3) is 0 Å². The lowest BCUT2D eigenvalue weighted by Crippen LogP contribution is -2.17. The summed E-state index contributed by atoms with van der Waals surface area (Å²) in [6, 6.07) is 6.18. The van der Waals surface area contributed by atoms with Crippen LogP contribution in [0, 0.1) is 5.82 Å². The van der Waals surface area contributed by atoms with Crippen LogP contribution in [0.25, 0.3) is 0 Å². The molecule has 0 fully saturated rings. The van der Waals surface area contributed by atoms with Crippen molar-refractivity contribution in [3.05, 3.63) is 59.7 Å². The second-order valence-electron chi connectivity index (χ2n) is 4.21. The Balaban J connectivity index is 2.22. The van der Waals surface area contributed by atoms with Crippen molar-refractivity contribution in [2.45, 2.75) is 5.75 Å². The molecule has 1 aromatic carbocycles. The fourth-order valence-electron chi connectivity index (χ4n) is 1.67. The second kappa shape index (κ2) is 5.88. The number of pyridine rings is 1. The molecule has 0 spiro atoms. The molecular formula is C13H11FN2O4S. The Morgan fingerprint density at radius 3 is 2.52 bits per heavy atom. The van der Waals surface area contributed by atoms with Crippen LogP contribution in [0.5, 0.6) is 0 Å². The number of sulfonamides is 1. The largest absolute Gasteiger partial charge is 0.478 e. The predicted molar refractivity (Wildman–Crippen MR) is 73.8 cm³/mol. The number of hydrogen-bond donors (Lipinski definition) is 2. The molecule has 0 bridgehead atoms. The zero-order valence-electron chi connectivity index (χ0n) is 10.7. The molecule has 0 aliphatic heterocycles. The number of hydrogen-bond acceptors (Lipinski definition) is 4. The van der Waals surface area contributed by atoms with E-state index in [-0.39, 0.29) is 11.3 Å². The molecule has 2 N–H and O–H groups in total. The van der Waals surface area contributed by atoms with E-state index < -0.39 is 27.6 Å². The molecule has 0 saturated carbocycles. The van der Waals surface area contributed by atoms with Crippen LogP contribution in [0.15, 0.2) is 42.7 Å². The number of carbonyl (C=O) groups is 1. The summed E-state index contributed by atoms with van der Waals surface area (Å²) < 4.78 is 38.9. The smallest absolute Gasteiger partial charge is 0.337 e. The van der Waals surface area contributed by atoms with Gasteiger partial charge in [0.15, 0.2) is 0 Å². The number of nitrogens with zero attached hydrogens (tertiary/aromatic N) is 1. The molecule has 0 aliphatic rings. The molecular weight excluding hydrogens is 299 g/mol. The summed E-state index contributed by atoms with van der Waals surface area (Å²) >= 11 is 0. The number of aromatic nitrogens is 1. The topological polar surface area (TPSA) is 96.4 Å². The van der Waals surface area contributed by atoms with Crippen molar-refractivity contribution in [2.75, 3.05) is 4.72 Å². The van der Waals surface area contributed by atoms with Gasteiger partial charge in [0.1, 0.15) is 5.82 Å². The van der Waals surface area contributed by atoms with E-state index in [1.807, 2.05) is 0 Å². The van der Waals surface area contributed by atoms with E-state index in [2.05, 4.69) is 9.71 Å². The van der Waals surface area contributed by atoms with Crippen LogP contribution >= 0.6 is 0 Å². The third-order valence-electron chi connectivity index (χ3n) is 2.59. The van der Waals surface area contributed by atoms with E-state index in [0.29, 0.717) is 5.56 Å². The van der Waals surface area contributed by atoms with Gasteiger partial charge in [-0.1, -0.05) is 12.1 Å². The highest BCUT2D eigenvalue weighted by Crippen LogP contribution is 2.17. The fourth-order valence-corrected chi connectivity index (χ4v) is 2.87. The first-order valence-electron chi connectivity index (χ1n) is 5.79. The minimum Gasteiger partial charge on any atom is -0.478 e. The molecule has 6 nitrogen and oxygen atoms in total. The monoisotopic (exact) mass is 310 g/mol. The summed E-state index contributed by atoms with van der Waals surface area (Å²) in [6.45, 7) is 0. The Morgan fingerprint density at radius 2 is 1.90 bits per heavy atom. The first-order chi connectivity index (χ1) is 9.87. The van der Waals surface area contributed by atoms with Crippen molar-refractivity contribution in [1.29, 1.82) is 0 Å². The minimum absolute atomic E-state index is 0.118. The lowest BCUT2D eigenvalue weighted by atomic mass is 10.2. The zero-order valence-corrected chi connectivity index (χ0v) is 11.5. The molecule has 0 saturated heterocycles. The van der Waals surface area contributed by atoms with Gasteiger partial charge in [0.2, 0.25) is 10.0 Å². The van der Waals surface area contributed by atoms with Crippen molar-refractivity contribution in [3.63, 3.8) is 0 Å². The quantitative estimate of drug-likeness (QED) is 0.878. The third kappa shape index (κ3) is 3.99. The zero-order chi connectivity index (χ0) is 15.5. The highest BCUT2D eigenvalue weighted by molar-refractivity contribution is 7.91. The van der Waals surface area contributed by atoms with E-state index in [9.17, 15) is 17.6 Å². The van der Waals surface area contributed by atoms with Gasteiger partial charge in [-0.25, -0.2) is 17.6 Å². The summed E-state index contributed by atoms with van der Waals surface area (Å²) in [5, 5.41) is 8.98. The number of halogens is 1. The van der Waals surface area contributed by atoms with Gasteiger partial charge in [-0.05, 0) is 23.8 Å². The highest BCUT2D eigenvalue weighted by Gasteiger charge is 2.17. The number of nitrogens with one attached hydrogen (secondary N) is 1. The lowest BCUT2D eigenvalue weighted by molar-refractivity contribution is 0.0698. The van der Waals surface area contributed by atoms with Gasteiger partial charge >= 0.3 is 5.97 Å². The van der Waals surface area contributed by atoms with Gasteiger partial charge in [0, 0.05) is 6.20 Å². The van der Waals surface area contributed by atoms with Crippen molar-refractivity contribution in [1.82, 2.24) is 4.98 Å². The Labute approximate surface area is 120 Å². The van der Waals surface area contributed by atoms with E-state index in [1.165, 1.54) is 24.4 Å². The summed E-state index contributed by atoms with van der Waals surface area (Å²) in [6.07, 6.45) is 2.37. The molecule has 8 heteroatoms. The summed E-state index contributed by atoms with van der Waals surface area (Å²) in [4.78, 5) is 14.7. The number of carboxylic acid groups (broad SMARTS) is 1. The molecule has 0 atom stereocenters.